The lowest BCUT2D eigenvalue weighted by atomic mass is 9.70. The summed E-state index contributed by atoms with van der Waals surface area (Å²) in [4.78, 5) is 16.4. The Labute approximate surface area is 115 Å². The number of fused-ring (bicyclic) bond motifs is 1. The molecule has 3 fully saturated rings. The Morgan fingerprint density at radius 2 is 2.11 bits per heavy atom. The molecule has 0 radical (unpaired) electrons. The van der Waals surface area contributed by atoms with Crippen LogP contribution >= 0.6 is 0 Å². The molecule has 1 aliphatic carbocycles. The van der Waals surface area contributed by atoms with Crippen LogP contribution in [-0.2, 0) is 9.53 Å². The van der Waals surface area contributed by atoms with E-state index in [1.165, 1.54) is 6.42 Å². The van der Waals surface area contributed by atoms with Gasteiger partial charge >= 0.3 is 0 Å². The molecule has 2 saturated heterocycles. The summed E-state index contributed by atoms with van der Waals surface area (Å²) in [6.45, 7) is 3.93. The molecule has 108 valence electrons. The first kappa shape index (κ1) is 13.3. The van der Waals surface area contributed by atoms with E-state index < -0.39 is 0 Å². The van der Waals surface area contributed by atoms with E-state index >= 15 is 0 Å². The molecule has 3 aliphatic rings. The van der Waals surface area contributed by atoms with Crippen molar-refractivity contribution in [3.63, 3.8) is 0 Å². The summed E-state index contributed by atoms with van der Waals surface area (Å²) >= 11 is 0. The molecule has 3 rings (SSSR count). The van der Waals surface area contributed by atoms with Crippen LogP contribution < -0.4 is 5.73 Å². The van der Waals surface area contributed by atoms with Crippen LogP contribution in [-0.4, -0.2) is 67.2 Å². The number of carbonyl (C=O) groups excluding carboxylic acids is 1. The Morgan fingerprint density at radius 3 is 2.63 bits per heavy atom. The number of piperidine rings is 1. The minimum Gasteiger partial charge on any atom is -0.368 e. The van der Waals surface area contributed by atoms with Gasteiger partial charge in [0.05, 0.1) is 6.10 Å². The first-order chi connectivity index (χ1) is 9.07. The molecule has 5 heteroatoms. The van der Waals surface area contributed by atoms with Gasteiger partial charge in [-0.3, -0.25) is 4.79 Å². The van der Waals surface area contributed by atoms with Crippen LogP contribution in [0.25, 0.3) is 0 Å². The predicted octanol–water partition coefficient (Wildman–Crippen LogP) is 0.0469. The van der Waals surface area contributed by atoms with Crippen LogP contribution in [0.2, 0.25) is 0 Å². The largest absolute Gasteiger partial charge is 0.368 e. The number of likely N-dealkylation sites (tertiary alicyclic amines) is 2. The van der Waals surface area contributed by atoms with Gasteiger partial charge in [0.2, 0.25) is 5.91 Å². The molecular weight excluding hydrogens is 242 g/mol. The highest BCUT2D eigenvalue weighted by atomic mass is 16.5. The van der Waals surface area contributed by atoms with Gasteiger partial charge in [-0.25, -0.2) is 0 Å². The molecule has 1 saturated carbocycles. The lowest BCUT2D eigenvalue weighted by Crippen LogP contribution is -2.54. The Hall–Kier alpha value is -0.650. The van der Waals surface area contributed by atoms with E-state index in [9.17, 15) is 4.79 Å². The molecule has 2 heterocycles. The number of amides is 1. The highest BCUT2D eigenvalue weighted by Crippen LogP contribution is 2.42. The van der Waals surface area contributed by atoms with E-state index in [4.69, 9.17) is 10.5 Å². The zero-order valence-electron chi connectivity index (χ0n) is 11.8. The van der Waals surface area contributed by atoms with Crippen molar-refractivity contribution >= 4 is 5.91 Å². The van der Waals surface area contributed by atoms with Gasteiger partial charge in [0.15, 0.2) is 0 Å². The number of nitrogens with two attached hydrogens (primary N) is 1. The molecule has 2 atom stereocenters. The van der Waals surface area contributed by atoms with E-state index in [2.05, 4.69) is 11.9 Å². The molecule has 2 N–H and O–H groups in total. The van der Waals surface area contributed by atoms with Crippen LogP contribution in [0.15, 0.2) is 0 Å². The molecule has 19 heavy (non-hydrogen) atoms. The van der Waals surface area contributed by atoms with Crippen molar-refractivity contribution in [3.05, 3.63) is 0 Å². The van der Waals surface area contributed by atoms with Gasteiger partial charge in [0.1, 0.15) is 6.61 Å². The summed E-state index contributed by atoms with van der Waals surface area (Å²) in [5.41, 5.74) is 6.17. The number of rotatable bonds is 3. The van der Waals surface area contributed by atoms with Crippen molar-refractivity contribution in [2.24, 2.45) is 11.7 Å². The zero-order valence-corrected chi connectivity index (χ0v) is 11.8. The normalized spacial score (nSPS) is 36.1. The summed E-state index contributed by atoms with van der Waals surface area (Å²) in [5.74, 6) is 0.651. The van der Waals surface area contributed by atoms with Crippen molar-refractivity contribution in [3.8, 4) is 0 Å². The molecule has 0 bridgehead atoms. The highest BCUT2D eigenvalue weighted by Gasteiger charge is 2.51. The summed E-state index contributed by atoms with van der Waals surface area (Å²) in [7, 11) is 2.13. The molecule has 0 aromatic heterocycles. The third-order valence-electron chi connectivity index (χ3n) is 5.16. The lowest BCUT2D eigenvalue weighted by molar-refractivity contribution is -0.138. The maximum atomic E-state index is 12.1. The van der Waals surface area contributed by atoms with Crippen LogP contribution in [0.3, 0.4) is 0 Å². The third-order valence-corrected chi connectivity index (χ3v) is 5.16. The molecule has 2 aliphatic heterocycles. The van der Waals surface area contributed by atoms with Crippen molar-refractivity contribution in [1.82, 2.24) is 9.80 Å². The SMILES string of the molecule is CN1CCC(OCC(=O)N2C[C@@H]3CC[C@]3(N)C2)CC1. The Kier molecular flexibility index (Phi) is 3.53. The Balaban J connectivity index is 1.42. The Bertz CT molecular complexity index is 355. The zero-order chi connectivity index (χ0) is 13.5. The minimum absolute atomic E-state index is 0.0801. The number of carbonyl (C=O) groups is 1. The van der Waals surface area contributed by atoms with Gasteiger partial charge in [0, 0.05) is 31.7 Å². The van der Waals surface area contributed by atoms with Crippen LogP contribution in [0, 0.1) is 5.92 Å². The second-order valence-corrected chi connectivity index (χ2v) is 6.56. The van der Waals surface area contributed by atoms with E-state index in [0.717, 1.165) is 45.4 Å². The molecule has 1 amide bonds. The minimum atomic E-state index is -0.0801. The fraction of sp³-hybridized carbons (Fsp3) is 0.929. The fourth-order valence-corrected chi connectivity index (χ4v) is 3.51. The molecule has 0 aromatic carbocycles. The van der Waals surface area contributed by atoms with Crippen molar-refractivity contribution in [1.29, 1.82) is 0 Å². The molecule has 5 nitrogen and oxygen atoms in total. The molecule has 0 unspecified atom stereocenters. The molecular formula is C14H25N3O2. The van der Waals surface area contributed by atoms with Crippen molar-refractivity contribution in [2.75, 3.05) is 39.8 Å². The van der Waals surface area contributed by atoms with Gasteiger partial charge in [0.25, 0.3) is 0 Å². The van der Waals surface area contributed by atoms with Gasteiger partial charge in [-0.1, -0.05) is 0 Å². The first-order valence-electron chi connectivity index (χ1n) is 7.44. The van der Waals surface area contributed by atoms with E-state index in [1.54, 1.807) is 0 Å². The predicted molar refractivity (Wildman–Crippen MR) is 72.7 cm³/mol. The smallest absolute Gasteiger partial charge is 0.248 e. The summed E-state index contributed by atoms with van der Waals surface area (Å²) in [5, 5.41) is 0. The van der Waals surface area contributed by atoms with Crippen LogP contribution in [0.5, 0.6) is 0 Å². The van der Waals surface area contributed by atoms with Gasteiger partial charge < -0.3 is 20.3 Å². The van der Waals surface area contributed by atoms with E-state index in [0.29, 0.717) is 5.92 Å². The second-order valence-electron chi connectivity index (χ2n) is 6.56. The van der Waals surface area contributed by atoms with Crippen LogP contribution in [0.4, 0.5) is 0 Å². The second kappa shape index (κ2) is 5.04. The summed E-state index contributed by atoms with van der Waals surface area (Å²) < 4.78 is 5.77. The number of ether oxygens (including phenoxy) is 1. The summed E-state index contributed by atoms with van der Waals surface area (Å²) in [6, 6.07) is 0. The number of hydrogen-bond donors (Lipinski definition) is 1. The first-order valence-corrected chi connectivity index (χ1v) is 7.44. The quantitative estimate of drug-likeness (QED) is 0.785. The van der Waals surface area contributed by atoms with Crippen LogP contribution in [0.1, 0.15) is 25.7 Å². The molecule has 0 aromatic rings. The average Bonchev–Trinajstić information content (AvgIpc) is 2.62. The van der Waals surface area contributed by atoms with Crippen molar-refractivity contribution < 1.29 is 9.53 Å². The monoisotopic (exact) mass is 267 g/mol. The maximum absolute atomic E-state index is 12.1. The fourth-order valence-electron chi connectivity index (χ4n) is 3.51. The summed E-state index contributed by atoms with van der Waals surface area (Å²) in [6.07, 6.45) is 4.57. The number of hydrogen-bond acceptors (Lipinski definition) is 4. The van der Waals surface area contributed by atoms with E-state index in [1.807, 2.05) is 4.90 Å². The van der Waals surface area contributed by atoms with Crippen molar-refractivity contribution in [2.45, 2.75) is 37.3 Å². The standard InChI is InChI=1S/C14H25N3O2/c1-16-6-3-12(4-7-16)19-9-13(18)17-8-11-2-5-14(11,15)10-17/h11-12H,2-10,15H2,1H3/t11-,14-/m0/s1. The van der Waals surface area contributed by atoms with E-state index in [-0.39, 0.29) is 24.2 Å². The third kappa shape index (κ3) is 2.64. The topological polar surface area (TPSA) is 58.8 Å². The highest BCUT2D eigenvalue weighted by molar-refractivity contribution is 5.78. The van der Waals surface area contributed by atoms with Gasteiger partial charge in [-0.2, -0.15) is 0 Å². The lowest BCUT2D eigenvalue weighted by Gasteiger charge is -2.39. The molecule has 0 spiro atoms. The maximum Gasteiger partial charge on any atom is 0.248 e. The van der Waals surface area contributed by atoms with Gasteiger partial charge in [-0.05, 0) is 38.6 Å². The van der Waals surface area contributed by atoms with Gasteiger partial charge in [-0.15, -0.1) is 0 Å². The number of nitrogens with zero attached hydrogens (tertiary/aromatic N) is 2. The average molecular weight is 267 g/mol. The Morgan fingerprint density at radius 1 is 1.37 bits per heavy atom.